The summed E-state index contributed by atoms with van der Waals surface area (Å²) in [6.07, 6.45) is 1.87. The third-order valence-corrected chi connectivity index (χ3v) is 2.63. The van der Waals surface area contributed by atoms with Gasteiger partial charge in [-0.1, -0.05) is 30.3 Å². The lowest BCUT2D eigenvalue weighted by atomic mass is 10.1. The van der Waals surface area contributed by atoms with Crippen LogP contribution >= 0.6 is 0 Å². The van der Waals surface area contributed by atoms with Gasteiger partial charge in [-0.15, -0.1) is 0 Å². The molecule has 1 fully saturated rings. The fourth-order valence-electron chi connectivity index (χ4n) is 1.70. The van der Waals surface area contributed by atoms with E-state index in [1.807, 2.05) is 30.3 Å². The Kier molecular flexibility index (Phi) is 2.73. The van der Waals surface area contributed by atoms with E-state index in [1.165, 1.54) is 0 Å². The zero-order chi connectivity index (χ0) is 10.7. The van der Waals surface area contributed by atoms with E-state index in [2.05, 4.69) is 5.32 Å². The predicted molar refractivity (Wildman–Crippen MR) is 57.4 cm³/mol. The van der Waals surface area contributed by atoms with Crippen molar-refractivity contribution in [2.75, 3.05) is 13.6 Å². The summed E-state index contributed by atoms with van der Waals surface area (Å²) >= 11 is 0. The molecule has 3 heteroatoms. The maximum Gasteiger partial charge on any atom is 0.320 e. The van der Waals surface area contributed by atoms with Crippen molar-refractivity contribution in [3.63, 3.8) is 0 Å². The molecule has 0 atom stereocenters. The van der Waals surface area contributed by atoms with Crippen LogP contribution in [-0.2, 0) is 15.1 Å². The molecule has 0 saturated heterocycles. The molecule has 1 aromatic carbocycles. The molecule has 0 aromatic heterocycles. The molecule has 0 unspecified atom stereocenters. The van der Waals surface area contributed by atoms with Gasteiger partial charge in [0.05, 0.1) is 6.54 Å². The van der Waals surface area contributed by atoms with Crippen LogP contribution < -0.4 is 5.32 Å². The van der Waals surface area contributed by atoms with Gasteiger partial charge in [0.2, 0.25) is 0 Å². The molecule has 0 radical (unpaired) electrons. The first-order chi connectivity index (χ1) is 7.27. The Bertz CT molecular complexity index is 344. The van der Waals surface area contributed by atoms with E-state index in [0.29, 0.717) is 0 Å². The molecule has 15 heavy (non-hydrogen) atoms. The lowest BCUT2D eigenvalue weighted by Crippen LogP contribution is -2.26. The summed E-state index contributed by atoms with van der Waals surface area (Å²) in [6.45, 7) is 0.272. The molecule has 1 N–H and O–H groups in total. The van der Waals surface area contributed by atoms with E-state index >= 15 is 0 Å². The van der Waals surface area contributed by atoms with E-state index in [-0.39, 0.29) is 18.1 Å². The number of carbonyl (C=O) groups is 1. The van der Waals surface area contributed by atoms with Gasteiger partial charge in [-0.05, 0) is 25.5 Å². The highest BCUT2D eigenvalue weighted by molar-refractivity contribution is 5.72. The number of carbonyl (C=O) groups excluding carboxylic acids is 1. The van der Waals surface area contributed by atoms with Crippen LogP contribution in [-0.4, -0.2) is 19.6 Å². The van der Waals surface area contributed by atoms with E-state index in [4.69, 9.17) is 4.74 Å². The number of benzene rings is 1. The molecular formula is C12H15NO2. The molecule has 0 bridgehead atoms. The number of ether oxygens (including phenoxy) is 1. The van der Waals surface area contributed by atoms with E-state index in [9.17, 15) is 4.79 Å². The maximum absolute atomic E-state index is 11.4. The van der Waals surface area contributed by atoms with Gasteiger partial charge in [0.15, 0.2) is 0 Å². The molecule has 1 saturated carbocycles. The number of nitrogens with one attached hydrogen (secondary N) is 1. The lowest BCUT2D eigenvalue weighted by molar-refractivity contribution is -0.150. The van der Waals surface area contributed by atoms with Crippen LogP contribution in [0.1, 0.15) is 18.4 Å². The standard InChI is InChI=1S/C12H15NO2/c1-13-9-11(14)15-12(7-8-12)10-5-3-2-4-6-10/h2-6,13H,7-9H2,1H3. The van der Waals surface area contributed by atoms with Crippen molar-refractivity contribution in [2.45, 2.75) is 18.4 Å². The van der Waals surface area contributed by atoms with Crippen molar-refractivity contribution < 1.29 is 9.53 Å². The minimum Gasteiger partial charge on any atom is -0.453 e. The van der Waals surface area contributed by atoms with Crippen LogP contribution in [0.5, 0.6) is 0 Å². The van der Waals surface area contributed by atoms with Crippen molar-refractivity contribution in [2.24, 2.45) is 0 Å². The highest BCUT2D eigenvalue weighted by Gasteiger charge is 2.48. The van der Waals surface area contributed by atoms with Crippen LogP contribution in [0.25, 0.3) is 0 Å². The molecule has 0 spiro atoms. The number of likely N-dealkylation sites (N-methyl/N-ethyl adjacent to an activating group) is 1. The minimum absolute atomic E-state index is 0.182. The van der Waals surface area contributed by atoms with Crippen LogP contribution in [0.4, 0.5) is 0 Å². The van der Waals surface area contributed by atoms with Crippen molar-refractivity contribution in [3.05, 3.63) is 35.9 Å². The molecule has 0 aliphatic heterocycles. The van der Waals surface area contributed by atoms with Crippen LogP contribution in [0, 0.1) is 0 Å². The van der Waals surface area contributed by atoms with Crippen molar-refractivity contribution in [3.8, 4) is 0 Å². The van der Waals surface area contributed by atoms with Gasteiger partial charge >= 0.3 is 5.97 Å². The average Bonchev–Trinajstić information content (AvgIpc) is 3.01. The van der Waals surface area contributed by atoms with Crippen molar-refractivity contribution in [1.82, 2.24) is 5.32 Å². The zero-order valence-electron chi connectivity index (χ0n) is 8.82. The Morgan fingerprint density at radius 1 is 1.40 bits per heavy atom. The molecule has 0 amide bonds. The third kappa shape index (κ3) is 2.18. The molecule has 1 aliphatic carbocycles. The molecule has 1 aliphatic rings. The molecule has 1 aromatic rings. The van der Waals surface area contributed by atoms with Gasteiger partial charge in [0, 0.05) is 0 Å². The second-order valence-electron chi connectivity index (χ2n) is 3.86. The Balaban J connectivity index is 2.05. The normalized spacial score (nSPS) is 17.1. The number of hydrogen-bond donors (Lipinski definition) is 1. The Labute approximate surface area is 89.4 Å². The van der Waals surface area contributed by atoms with Crippen molar-refractivity contribution in [1.29, 1.82) is 0 Å². The Morgan fingerprint density at radius 3 is 2.60 bits per heavy atom. The largest absolute Gasteiger partial charge is 0.453 e. The quantitative estimate of drug-likeness (QED) is 0.756. The predicted octanol–water partition coefficient (Wildman–Crippen LogP) is 1.44. The molecule has 2 rings (SSSR count). The first kappa shape index (κ1) is 10.2. The number of esters is 1. The zero-order valence-corrected chi connectivity index (χ0v) is 8.82. The summed E-state index contributed by atoms with van der Waals surface area (Å²) in [5.41, 5.74) is 0.782. The fraction of sp³-hybridized carbons (Fsp3) is 0.417. The summed E-state index contributed by atoms with van der Waals surface area (Å²) in [6, 6.07) is 9.94. The van der Waals surface area contributed by atoms with Gasteiger partial charge in [0.1, 0.15) is 5.60 Å². The highest BCUT2D eigenvalue weighted by Crippen LogP contribution is 2.49. The SMILES string of the molecule is CNCC(=O)OC1(c2ccccc2)CC1. The van der Waals surface area contributed by atoms with E-state index in [0.717, 1.165) is 18.4 Å². The van der Waals surface area contributed by atoms with E-state index in [1.54, 1.807) is 7.05 Å². The van der Waals surface area contributed by atoms with Gasteiger partial charge < -0.3 is 10.1 Å². The third-order valence-electron chi connectivity index (χ3n) is 2.63. The van der Waals surface area contributed by atoms with Crippen molar-refractivity contribution >= 4 is 5.97 Å². The monoisotopic (exact) mass is 205 g/mol. The summed E-state index contributed by atoms with van der Waals surface area (Å²) in [5.74, 6) is -0.182. The first-order valence-electron chi connectivity index (χ1n) is 5.19. The molecule has 3 nitrogen and oxygen atoms in total. The average molecular weight is 205 g/mol. The number of rotatable bonds is 4. The summed E-state index contributed by atoms with van der Waals surface area (Å²) in [4.78, 5) is 11.4. The second-order valence-corrected chi connectivity index (χ2v) is 3.86. The minimum atomic E-state index is -0.324. The highest BCUT2D eigenvalue weighted by atomic mass is 16.6. The molecular weight excluding hydrogens is 190 g/mol. The Morgan fingerprint density at radius 2 is 2.07 bits per heavy atom. The summed E-state index contributed by atoms with van der Waals surface area (Å²) < 4.78 is 5.47. The topological polar surface area (TPSA) is 38.3 Å². The van der Waals surface area contributed by atoms with Crippen LogP contribution in [0.2, 0.25) is 0 Å². The van der Waals surface area contributed by atoms with E-state index < -0.39 is 0 Å². The molecule has 0 heterocycles. The fourth-order valence-corrected chi connectivity index (χ4v) is 1.70. The van der Waals surface area contributed by atoms with Gasteiger partial charge in [0.25, 0.3) is 0 Å². The summed E-state index contributed by atoms with van der Waals surface area (Å²) in [5, 5.41) is 2.79. The van der Waals surface area contributed by atoms with Gasteiger partial charge in [-0.2, -0.15) is 0 Å². The molecule has 80 valence electrons. The number of hydrogen-bond acceptors (Lipinski definition) is 3. The van der Waals surface area contributed by atoms with Gasteiger partial charge in [-0.3, -0.25) is 4.79 Å². The maximum atomic E-state index is 11.4. The first-order valence-corrected chi connectivity index (χ1v) is 5.19. The Hall–Kier alpha value is -1.35. The van der Waals surface area contributed by atoms with Gasteiger partial charge in [-0.25, -0.2) is 0 Å². The summed E-state index contributed by atoms with van der Waals surface area (Å²) in [7, 11) is 1.74. The lowest BCUT2D eigenvalue weighted by Gasteiger charge is -2.16. The van der Waals surface area contributed by atoms with Crippen LogP contribution in [0.3, 0.4) is 0 Å². The smallest absolute Gasteiger partial charge is 0.320 e. The second kappa shape index (κ2) is 4.03. The van der Waals surface area contributed by atoms with Crippen LogP contribution in [0.15, 0.2) is 30.3 Å².